The van der Waals surface area contributed by atoms with E-state index in [-0.39, 0.29) is 11.9 Å². The molecule has 1 fully saturated rings. The van der Waals surface area contributed by atoms with Crippen molar-refractivity contribution in [3.05, 3.63) is 59.7 Å². The third-order valence-corrected chi connectivity index (χ3v) is 6.63. The van der Waals surface area contributed by atoms with Crippen LogP contribution in [0, 0.1) is 0 Å². The average molecular weight is 461 g/mol. The van der Waals surface area contributed by atoms with E-state index in [1.54, 1.807) is 6.07 Å². The largest absolute Gasteiger partial charge is 0.456 e. The number of rotatable bonds is 7. The second-order valence-electron chi connectivity index (χ2n) is 10.5. The fraction of sp³-hybridized carbons (Fsp3) is 0.483. The quantitative estimate of drug-likeness (QED) is 0.440. The Kier molecular flexibility index (Phi) is 6.92. The molecule has 1 amide bonds. The molecular weight excluding hydrogens is 424 g/mol. The smallest absolute Gasteiger partial charge is 0.339 e. The number of carbonyl (C=O) groups excluding carboxylic acids is 2. The molecule has 5 heteroatoms. The molecule has 0 unspecified atom stereocenters. The Bertz CT molecular complexity index is 1070. The minimum Gasteiger partial charge on any atom is -0.456 e. The van der Waals surface area contributed by atoms with Gasteiger partial charge in [-0.1, -0.05) is 68.7 Å². The van der Waals surface area contributed by atoms with Crippen LogP contribution in [0.25, 0.3) is 11.1 Å². The lowest BCUT2D eigenvalue weighted by molar-refractivity contribution is -0.131. The lowest BCUT2D eigenvalue weighted by Crippen LogP contribution is -2.40. The molecule has 180 valence electrons. The summed E-state index contributed by atoms with van der Waals surface area (Å²) in [4.78, 5) is 33.0. The SMILES string of the molecule is CCCCC1=NC2(CCCC2)C(=O)N1Cc1ccc(-c2ccccc2C(=O)OC(C)(C)C)cc1. The van der Waals surface area contributed by atoms with Crippen LogP contribution in [0.2, 0.25) is 0 Å². The summed E-state index contributed by atoms with van der Waals surface area (Å²) in [7, 11) is 0. The van der Waals surface area contributed by atoms with E-state index in [0.29, 0.717) is 12.1 Å². The molecule has 1 heterocycles. The predicted molar refractivity (Wildman–Crippen MR) is 136 cm³/mol. The summed E-state index contributed by atoms with van der Waals surface area (Å²) in [6.07, 6.45) is 6.88. The Morgan fingerprint density at radius 1 is 1.06 bits per heavy atom. The number of amidine groups is 1. The molecule has 0 aromatic heterocycles. The first-order valence-electron chi connectivity index (χ1n) is 12.5. The third kappa shape index (κ3) is 5.08. The Balaban J connectivity index is 1.54. The molecule has 2 aliphatic rings. The van der Waals surface area contributed by atoms with Gasteiger partial charge in [0.15, 0.2) is 0 Å². The van der Waals surface area contributed by atoms with E-state index >= 15 is 0 Å². The minimum absolute atomic E-state index is 0.176. The summed E-state index contributed by atoms with van der Waals surface area (Å²) >= 11 is 0. The summed E-state index contributed by atoms with van der Waals surface area (Å²) in [5.74, 6) is 0.803. The number of hydrogen-bond donors (Lipinski definition) is 0. The highest BCUT2D eigenvalue weighted by Gasteiger charge is 2.49. The monoisotopic (exact) mass is 460 g/mol. The Morgan fingerprint density at radius 3 is 2.38 bits per heavy atom. The summed E-state index contributed by atoms with van der Waals surface area (Å²) < 4.78 is 5.60. The molecule has 2 aromatic carbocycles. The highest BCUT2D eigenvalue weighted by atomic mass is 16.6. The van der Waals surface area contributed by atoms with Gasteiger partial charge in [0.05, 0.1) is 12.1 Å². The Morgan fingerprint density at radius 2 is 1.74 bits per heavy atom. The van der Waals surface area contributed by atoms with Gasteiger partial charge in [0, 0.05) is 6.42 Å². The molecule has 1 spiro atoms. The second kappa shape index (κ2) is 9.73. The molecule has 0 saturated heterocycles. The number of carbonyl (C=O) groups is 2. The van der Waals surface area contributed by atoms with E-state index < -0.39 is 11.1 Å². The van der Waals surface area contributed by atoms with Crippen LogP contribution in [0.1, 0.15) is 88.6 Å². The molecule has 0 bridgehead atoms. The maximum Gasteiger partial charge on any atom is 0.339 e. The van der Waals surface area contributed by atoms with Crippen LogP contribution in [-0.2, 0) is 16.1 Å². The van der Waals surface area contributed by atoms with Crippen LogP contribution in [-0.4, -0.2) is 33.8 Å². The van der Waals surface area contributed by atoms with Crippen LogP contribution in [0.15, 0.2) is 53.5 Å². The zero-order valence-electron chi connectivity index (χ0n) is 20.9. The van der Waals surface area contributed by atoms with Gasteiger partial charge in [0.2, 0.25) is 0 Å². The molecule has 2 aromatic rings. The lowest BCUT2D eigenvalue weighted by atomic mass is 9.97. The highest BCUT2D eigenvalue weighted by Crippen LogP contribution is 2.40. The van der Waals surface area contributed by atoms with Gasteiger partial charge in [-0.15, -0.1) is 0 Å². The number of unbranched alkanes of at least 4 members (excludes halogenated alkanes) is 1. The number of aliphatic imine (C=N–C) groups is 1. The van der Waals surface area contributed by atoms with E-state index in [1.165, 1.54) is 0 Å². The third-order valence-electron chi connectivity index (χ3n) is 6.63. The van der Waals surface area contributed by atoms with Crippen LogP contribution in [0.3, 0.4) is 0 Å². The van der Waals surface area contributed by atoms with Gasteiger partial charge < -0.3 is 4.74 Å². The van der Waals surface area contributed by atoms with Crippen molar-refractivity contribution >= 4 is 17.7 Å². The van der Waals surface area contributed by atoms with Crippen LogP contribution in [0.4, 0.5) is 0 Å². The molecule has 5 nitrogen and oxygen atoms in total. The number of nitrogens with zero attached hydrogens (tertiary/aromatic N) is 2. The summed E-state index contributed by atoms with van der Waals surface area (Å²) in [6.45, 7) is 8.32. The predicted octanol–water partition coefficient (Wildman–Crippen LogP) is 6.55. The first kappa shape index (κ1) is 24.2. The summed E-state index contributed by atoms with van der Waals surface area (Å²) in [5, 5.41) is 0. The number of ether oxygens (including phenoxy) is 1. The normalized spacial score (nSPS) is 17.4. The van der Waals surface area contributed by atoms with Crippen molar-refractivity contribution in [3.8, 4) is 11.1 Å². The number of hydrogen-bond acceptors (Lipinski definition) is 4. The average Bonchev–Trinajstić information content (AvgIpc) is 3.38. The van der Waals surface area contributed by atoms with Crippen LogP contribution in [0.5, 0.6) is 0 Å². The molecule has 1 aliphatic heterocycles. The maximum absolute atomic E-state index is 13.4. The molecule has 0 N–H and O–H groups in total. The number of esters is 1. The maximum atomic E-state index is 13.4. The second-order valence-corrected chi connectivity index (χ2v) is 10.5. The Labute approximate surface area is 203 Å². The van der Waals surface area contributed by atoms with Crippen molar-refractivity contribution in [2.45, 2.75) is 90.3 Å². The lowest BCUT2D eigenvalue weighted by Gasteiger charge is -2.23. The minimum atomic E-state index is -0.552. The van der Waals surface area contributed by atoms with Gasteiger partial charge in [-0.05, 0) is 62.8 Å². The molecule has 4 rings (SSSR count). The Hall–Kier alpha value is -2.95. The topological polar surface area (TPSA) is 59.0 Å². The molecule has 1 aliphatic carbocycles. The fourth-order valence-electron chi connectivity index (χ4n) is 4.92. The van der Waals surface area contributed by atoms with E-state index in [4.69, 9.17) is 9.73 Å². The van der Waals surface area contributed by atoms with Crippen molar-refractivity contribution in [3.63, 3.8) is 0 Å². The first-order chi connectivity index (χ1) is 16.2. The summed E-state index contributed by atoms with van der Waals surface area (Å²) in [5.41, 5.74) is 2.35. The van der Waals surface area contributed by atoms with Gasteiger partial charge in [-0.25, -0.2) is 4.79 Å². The standard InChI is InChI=1S/C29H36N2O3/c1-5-6-13-25-30-29(18-9-10-19-29)27(33)31(25)20-21-14-16-22(17-15-21)23-11-7-8-12-24(23)26(32)34-28(2,3)4/h7-8,11-12,14-17H,5-6,9-10,13,18-20H2,1-4H3. The number of benzene rings is 2. The van der Waals surface area contributed by atoms with Crippen molar-refractivity contribution in [2.24, 2.45) is 4.99 Å². The van der Waals surface area contributed by atoms with E-state index in [2.05, 4.69) is 6.92 Å². The van der Waals surface area contributed by atoms with Crippen molar-refractivity contribution in [1.82, 2.24) is 4.90 Å². The first-order valence-corrected chi connectivity index (χ1v) is 12.5. The molecule has 0 radical (unpaired) electrons. The van der Waals surface area contributed by atoms with E-state index in [9.17, 15) is 9.59 Å². The van der Waals surface area contributed by atoms with Crippen LogP contribution < -0.4 is 0 Å². The molecular formula is C29H36N2O3. The van der Waals surface area contributed by atoms with Crippen LogP contribution >= 0.6 is 0 Å². The van der Waals surface area contributed by atoms with Crippen molar-refractivity contribution < 1.29 is 14.3 Å². The van der Waals surface area contributed by atoms with Crippen molar-refractivity contribution in [1.29, 1.82) is 0 Å². The van der Waals surface area contributed by atoms with Gasteiger partial charge in [0.1, 0.15) is 17.0 Å². The van der Waals surface area contributed by atoms with E-state index in [1.807, 2.05) is 68.1 Å². The summed E-state index contributed by atoms with van der Waals surface area (Å²) in [6, 6.07) is 15.7. The highest BCUT2D eigenvalue weighted by molar-refractivity contribution is 6.08. The fourth-order valence-corrected chi connectivity index (χ4v) is 4.92. The van der Waals surface area contributed by atoms with Gasteiger partial charge >= 0.3 is 5.97 Å². The van der Waals surface area contributed by atoms with Gasteiger partial charge in [-0.2, -0.15) is 0 Å². The van der Waals surface area contributed by atoms with Crippen molar-refractivity contribution in [2.75, 3.05) is 0 Å². The molecule has 34 heavy (non-hydrogen) atoms. The zero-order chi connectivity index (χ0) is 24.3. The molecule has 1 saturated carbocycles. The number of amides is 1. The van der Waals surface area contributed by atoms with Gasteiger partial charge in [0.25, 0.3) is 5.91 Å². The zero-order valence-corrected chi connectivity index (χ0v) is 20.9. The van der Waals surface area contributed by atoms with E-state index in [0.717, 1.165) is 67.5 Å². The molecule has 0 atom stereocenters. The van der Waals surface area contributed by atoms with Gasteiger partial charge in [-0.3, -0.25) is 14.7 Å².